The van der Waals surface area contributed by atoms with Crippen LogP contribution in [0.25, 0.3) is 16.5 Å². The molecule has 268 valence electrons. The molecule has 49 heavy (non-hydrogen) atoms. The van der Waals surface area contributed by atoms with Gasteiger partial charge in [-0.15, -0.1) is 0 Å². The quantitative estimate of drug-likeness (QED) is 0.0573. The van der Waals surface area contributed by atoms with Crippen LogP contribution in [-0.2, 0) is 39.6 Å². The highest BCUT2D eigenvalue weighted by atomic mass is 16.6. The predicted molar refractivity (Wildman–Crippen MR) is 183 cm³/mol. The van der Waals surface area contributed by atoms with Gasteiger partial charge in [0.15, 0.2) is 5.82 Å². The number of unbranched alkanes of at least 4 members (excludes halogenated alkanes) is 2. The fraction of sp³-hybridized carbons (Fsp3) is 0.636. The molecule has 2 aromatic rings. The largest absolute Gasteiger partial charge is 0.383 e. The lowest BCUT2D eigenvalue weighted by Gasteiger charge is -2.20. The normalized spacial score (nSPS) is 14.6. The van der Waals surface area contributed by atoms with Crippen LogP contribution in [0.15, 0.2) is 29.8 Å². The molecule has 0 saturated carbocycles. The summed E-state index contributed by atoms with van der Waals surface area (Å²) in [5.41, 5.74) is 22.1. The van der Waals surface area contributed by atoms with E-state index >= 15 is 0 Å². The number of rotatable bonds is 28. The number of pyridine rings is 1. The third kappa shape index (κ3) is 13.6. The van der Waals surface area contributed by atoms with E-state index in [1.807, 2.05) is 11.2 Å². The van der Waals surface area contributed by atoms with Crippen molar-refractivity contribution in [1.82, 2.24) is 20.4 Å². The highest BCUT2D eigenvalue weighted by molar-refractivity contribution is 5.78. The standard InChI is InChI=1S/C33H49N9O7/c34-32-30-31(27-23-26-5-4-7-29(26)36-24-27)40-42(33(30)38-25-37-32)10-3-1-2-6-28(43)8-11-44-13-15-46-17-19-48-21-22-49-20-18-47-16-14-45-12-9-39-41-35/h4-5,23-25,31,40H,1-3,6-22H2,(H2,34,37,38). The number of ketones is 1. The summed E-state index contributed by atoms with van der Waals surface area (Å²) in [5, 5.41) is 5.42. The number of fused-ring (bicyclic) bond motifs is 2. The lowest BCUT2D eigenvalue weighted by molar-refractivity contribution is -0.120. The summed E-state index contributed by atoms with van der Waals surface area (Å²) in [6.07, 6.45) is 12.1. The summed E-state index contributed by atoms with van der Waals surface area (Å²) in [6.45, 7) is 6.49. The van der Waals surface area contributed by atoms with E-state index in [2.05, 4.69) is 48.6 Å². The van der Waals surface area contributed by atoms with Gasteiger partial charge in [0.25, 0.3) is 0 Å². The van der Waals surface area contributed by atoms with Crippen molar-refractivity contribution in [2.24, 2.45) is 5.11 Å². The van der Waals surface area contributed by atoms with Crippen LogP contribution in [0.1, 0.15) is 60.5 Å². The number of Topliss-reactive ketones (excluding diaryl/α,β-unsaturated/α-hetero) is 1. The van der Waals surface area contributed by atoms with Gasteiger partial charge in [0.1, 0.15) is 17.9 Å². The summed E-state index contributed by atoms with van der Waals surface area (Å²) < 4.78 is 32.6. The van der Waals surface area contributed by atoms with Crippen molar-refractivity contribution in [3.63, 3.8) is 0 Å². The summed E-state index contributed by atoms with van der Waals surface area (Å²) in [6, 6.07) is 1.99. The molecule has 0 spiro atoms. The van der Waals surface area contributed by atoms with Gasteiger partial charge in [-0.3, -0.25) is 14.8 Å². The van der Waals surface area contributed by atoms with Gasteiger partial charge in [-0.25, -0.2) is 15.4 Å². The molecule has 1 aliphatic heterocycles. The zero-order valence-corrected chi connectivity index (χ0v) is 28.2. The zero-order valence-electron chi connectivity index (χ0n) is 28.2. The van der Waals surface area contributed by atoms with E-state index in [0.717, 1.165) is 60.4 Å². The van der Waals surface area contributed by atoms with Crippen LogP contribution < -0.4 is 16.2 Å². The van der Waals surface area contributed by atoms with E-state index in [1.54, 1.807) is 0 Å². The minimum Gasteiger partial charge on any atom is -0.383 e. The van der Waals surface area contributed by atoms with Gasteiger partial charge in [-0.1, -0.05) is 23.7 Å². The third-order valence-corrected chi connectivity index (χ3v) is 7.81. The van der Waals surface area contributed by atoms with Gasteiger partial charge < -0.3 is 34.2 Å². The maximum absolute atomic E-state index is 12.3. The number of hydrogen-bond acceptors (Lipinski definition) is 14. The number of anilines is 2. The molecule has 1 atom stereocenters. The summed E-state index contributed by atoms with van der Waals surface area (Å²) >= 11 is 0. The number of hydrazine groups is 1. The second-order valence-corrected chi connectivity index (χ2v) is 11.3. The van der Waals surface area contributed by atoms with Crippen LogP contribution in [0.2, 0.25) is 0 Å². The molecule has 16 nitrogen and oxygen atoms in total. The van der Waals surface area contributed by atoms with Crippen LogP contribution in [0.3, 0.4) is 0 Å². The van der Waals surface area contributed by atoms with E-state index < -0.39 is 0 Å². The van der Waals surface area contributed by atoms with Crippen LogP contribution in [-0.4, -0.2) is 113 Å². The first-order chi connectivity index (χ1) is 24.2. The lowest BCUT2D eigenvalue weighted by Crippen LogP contribution is -2.36. The average Bonchev–Trinajstić information content (AvgIpc) is 3.74. The van der Waals surface area contributed by atoms with Crippen molar-refractivity contribution in [3.05, 3.63) is 57.5 Å². The SMILES string of the molecule is [N-]=[N+]=NCCOCCOCCOCCOCCOCCOCCC(=O)CCCCCN1NC(c2cnc3c(c2)C=CC3)c2c(N)ncnc21. The van der Waals surface area contributed by atoms with Gasteiger partial charge in [0.05, 0.1) is 96.6 Å². The number of azide groups is 1. The molecular formula is C33H49N9O7. The Morgan fingerprint density at radius 3 is 2.20 bits per heavy atom. The third-order valence-electron chi connectivity index (χ3n) is 7.81. The van der Waals surface area contributed by atoms with Crippen LogP contribution in [0.5, 0.6) is 0 Å². The average molecular weight is 684 g/mol. The minimum atomic E-state index is -0.159. The Kier molecular flexibility index (Phi) is 17.7. The van der Waals surface area contributed by atoms with Crippen molar-refractivity contribution in [2.45, 2.75) is 44.6 Å². The Labute approximate surface area is 287 Å². The van der Waals surface area contributed by atoms with E-state index in [4.69, 9.17) is 39.7 Å². The molecule has 1 unspecified atom stereocenters. The Morgan fingerprint density at radius 1 is 0.878 bits per heavy atom. The van der Waals surface area contributed by atoms with Gasteiger partial charge in [-0.05, 0) is 35.6 Å². The zero-order chi connectivity index (χ0) is 34.4. The van der Waals surface area contributed by atoms with Crippen molar-refractivity contribution in [1.29, 1.82) is 0 Å². The van der Waals surface area contributed by atoms with Crippen LogP contribution >= 0.6 is 0 Å². The first-order valence-electron chi connectivity index (χ1n) is 17.0. The van der Waals surface area contributed by atoms with Gasteiger partial charge >= 0.3 is 0 Å². The molecule has 4 rings (SSSR count). The number of nitrogens with one attached hydrogen (secondary N) is 1. The number of ether oxygens (including phenoxy) is 6. The molecule has 3 N–H and O–H groups in total. The first-order valence-corrected chi connectivity index (χ1v) is 17.0. The molecule has 2 aliphatic rings. The minimum absolute atomic E-state index is 0.159. The number of carbonyl (C=O) groups excluding carboxylic acids is 1. The molecule has 0 saturated heterocycles. The fourth-order valence-corrected chi connectivity index (χ4v) is 5.31. The molecule has 2 aromatic heterocycles. The number of nitrogen functional groups attached to an aromatic ring is 1. The number of carbonyl (C=O) groups is 1. The van der Waals surface area contributed by atoms with Crippen molar-refractivity contribution < 1.29 is 33.2 Å². The number of nitrogens with two attached hydrogens (primary N) is 1. The maximum Gasteiger partial charge on any atom is 0.153 e. The molecule has 1 aliphatic carbocycles. The molecule has 0 radical (unpaired) electrons. The molecular weight excluding hydrogens is 634 g/mol. The van der Waals surface area contributed by atoms with E-state index in [1.165, 1.54) is 6.33 Å². The Hall–Kier alpha value is -3.73. The highest BCUT2D eigenvalue weighted by Crippen LogP contribution is 2.38. The smallest absolute Gasteiger partial charge is 0.153 e. The predicted octanol–water partition coefficient (Wildman–Crippen LogP) is 3.37. The molecule has 16 heteroatoms. The van der Waals surface area contributed by atoms with E-state index in [9.17, 15) is 4.79 Å². The summed E-state index contributed by atoms with van der Waals surface area (Å²) in [5.74, 6) is 1.47. The molecule has 0 aromatic carbocycles. The van der Waals surface area contributed by atoms with E-state index in [0.29, 0.717) is 104 Å². The Morgan fingerprint density at radius 2 is 1.53 bits per heavy atom. The maximum atomic E-state index is 12.3. The molecule has 0 fully saturated rings. The Balaban J connectivity index is 0.930. The van der Waals surface area contributed by atoms with E-state index in [-0.39, 0.29) is 11.8 Å². The lowest BCUT2D eigenvalue weighted by atomic mass is 10.0. The van der Waals surface area contributed by atoms with Crippen molar-refractivity contribution in [3.8, 4) is 0 Å². The van der Waals surface area contributed by atoms with Crippen molar-refractivity contribution in [2.75, 3.05) is 103 Å². The first kappa shape index (κ1) is 38.1. The fourth-order valence-electron chi connectivity index (χ4n) is 5.31. The van der Waals surface area contributed by atoms with Gasteiger partial charge in [0, 0.05) is 43.5 Å². The number of aromatic nitrogens is 3. The monoisotopic (exact) mass is 683 g/mol. The second kappa shape index (κ2) is 22.8. The number of nitrogens with zero attached hydrogens (tertiary/aromatic N) is 7. The highest BCUT2D eigenvalue weighted by Gasteiger charge is 2.33. The second-order valence-electron chi connectivity index (χ2n) is 11.3. The van der Waals surface area contributed by atoms with Crippen molar-refractivity contribution >= 4 is 23.5 Å². The van der Waals surface area contributed by atoms with Gasteiger partial charge in [-0.2, -0.15) is 0 Å². The Bertz CT molecular complexity index is 1360. The molecule has 3 heterocycles. The molecule has 0 bridgehead atoms. The van der Waals surface area contributed by atoms with Crippen LogP contribution in [0.4, 0.5) is 11.6 Å². The molecule has 0 amide bonds. The number of hydrogen-bond donors (Lipinski definition) is 2. The summed E-state index contributed by atoms with van der Waals surface area (Å²) in [7, 11) is 0. The number of allylic oxidation sites excluding steroid dienone is 1. The summed E-state index contributed by atoms with van der Waals surface area (Å²) in [4.78, 5) is 28.4. The van der Waals surface area contributed by atoms with Gasteiger partial charge in [0.2, 0.25) is 0 Å². The van der Waals surface area contributed by atoms with Crippen LogP contribution in [0, 0.1) is 0 Å². The topological polar surface area (TPSA) is 201 Å².